The van der Waals surface area contributed by atoms with Crippen molar-refractivity contribution in [3.8, 4) is 0 Å². The highest BCUT2D eigenvalue weighted by atomic mass is 35.5. The summed E-state index contributed by atoms with van der Waals surface area (Å²) in [6.07, 6.45) is 3.54. The van der Waals surface area contributed by atoms with Crippen molar-refractivity contribution in [2.45, 2.75) is 25.9 Å². The van der Waals surface area contributed by atoms with Crippen LogP contribution in [0.1, 0.15) is 37.1 Å². The fourth-order valence-electron chi connectivity index (χ4n) is 1.99. The SMILES string of the molecule is CC(NC(C)c1c(Cl)ccc(F)c1Cl)c1cn[nH]c1. The molecule has 2 unspecified atom stereocenters. The average Bonchev–Trinajstić information content (AvgIpc) is 2.88. The van der Waals surface area contributed by atoms with E-state index in [9.17, 15) is 4.39 Å². The molecule has 0 aliphatic heterocycles. The van der Waals surface area contributed by atoms with Gasteiger partial charge in [0.2, 0.25) is 0 Å². The number of benzene rings is 1. The van der Waals surface area contributed by atoms with Crippen LogP contribution in [-0.4, -0.2) is 10.2 Å². The predicted molar refractivity (Wildman–Crippen MR) is 75.0 cm³/mol. The molecule has 2 atom stereocenters. The lowest BCUT2D eigenvalue weighted by molar-refractivity contribution is 0.492. The highest BCUT2D eigenvalue weighted by Crippen LogP contribution is 2.33. The maximum Gasteiger partial charge on any atom is 0.142 e. The highest BCUT2D eigenvalue weighted by Gasteiger charge is 2.19. The van der Waals surface area contributed by atoms with E-state index in [0.717, 1.165) is 5.56 Å². The molecule has 0 aliphatic carbocycles. The van der Waals surface area contributed by atoms with Gasteiger partial charge in [0, 0.05) is 34.4 Å². The van der Waals surface area contributed by atoms with E-state index in [0.29, 0.717) is 10.6 Å². The first-order chi connectivity index (χ1) is 9.00. The van der Waals surface area contributed by atoms with Crippen molar-refractivity contribution in [2.75, 3.05) is 0 Å². The molecule has 0 saturated heterocycles. The lowest BCUT2D eigenvalue weighted by atomic mass is 10.1. The number of H-pyrrole nitrogens is 1. The molecular formula is C13H14Cl2FN3. The minimum Gasteiger partial charge on any atom is -0.303 e. The maximum atomic E-state index is 13.5. The quantitative estimate of drug-likeness (QED) is 0.828. The van der Waals surface area contributed by atoms with Crippen molar-refractivity contribution in [1.29, 1.82) is 0 Å². The summed E-state index contributed by atoms with van der Waals surface area (Å²) in [6.45, 7) is 3.88. The van der Waals surface area contributed by atoms with Crippen molar-refractivity contribution in [3.63, 3.8) is 0 Å². The molecule has 0 bridgehead atoms. The number of halogens is 3. The molecular weight excluding hydrogens is 288 g/mol. The van der Waals surface area contributed by atoms with Gasteiger partial charge in [-0.25, -0.2) is 4.39 Å². The van der Waals surface area contributed by atoms with Crippen molar-refractivity contribution in [2.24, 2.45) is 0 Å². The number of hydrogen-bond acceptors (Lipinski definition) is 2. The van der Waals surface area contributed by atoms with Crippen molar-refractivity contribution < 1.29 is 4.39 Å². The number of nitrogens with zero attached hydrogens (tertiary/aromatic N) is 1. The Morgan fingerprint density at radius 1 is 1.26 bits per heavy atom. The van der Waals surface area contributed by atoms with E-state index < -0.39 is 5.82 Å². The molecule has 0 fully saturated rings. The van der Waals surface area contributed by atoms with Gasteiger partial charge in [0.05, 0.1) is 11.2 Å². The largest absolute Gasteiger partial charge is 0.303 e. The van der Waals surface area contributed by atoms with E-state index in [-0.39, 0.29) is 17.1 Å². The molecule has 6 heteroatoms. The Hall–Kier alpha value is -1.10. The van der Waals surface area contributed by atoms with E-state index in [4.69, 9.17) is 23.2 Å². The summed E-state index contributed by atoms with van der Waals surface area (Å²) < 4.78 is 13.5. The third kappa shape index (κ3) is 3.08. The van der Waals surface area contributed by atoms with E-state index in [1.165, 1.54) is 12.1 Å². The summed E-state index contributed by atoms with van der Waals surface area (Å²) in [4.78, 5) is 0. The molecule has 2 N–H and O–H groups in total. The number of nitrogens with one attached hydrogen (secondary N) is 2. The van der Waals surface area contributed by atoms with Gasteiger partial charge >= 0.3 is 0 Å². The average molecular weight is 302 g/mol. The second-order valence-corrected chi connectivity index (χ2v) is 5.18. The summed E-state index contributed by atoms with van der Waals surface area (Å²) in [5, 5.41) is 10.5. The molecule has 0 saturated carbocycles. The fraction of sp³-hybridized carbons (Fsp3) is 0.308. The number of rotatable bonds is 4. The zero-order chi connectivity index (χ0) is 14.0. The molecule has 1 aromatic carbocycles. The standard InChI is InChI=1S/C13H14Cl2FN3/c1-7(9-5-17-18-6-9)19-8(2)12-10(14)3-4-11(16)13(12)15/h3-8,19H,1-2H3,(H,17,18). The van der Waals surface area contributed by atoms with Crippen LogP contribution in [0.2, 0.25) is 10.0 Å². The molecule has 0 spiro atoms. The Balaban J connectivity index is 2.21. The van der Waals surface area contributed by atoms with Gasteiger partial charge in [-0.15, -0.1) is 0 Å². The molecule has 1 heterocycles. The van der Waals surface area contributed by atoms with Crippen LogP contribution in [0.3, 0.4) is 0 Å². The van der Waals surface area contributed by atoms with Gasteiger partial charge in [0.1, 0.15) is 5.82 Å². The second kappa shape index (κ2) is 5.90. The van der Waals surface area contributed by atoms with Gasteiger partial charge in [-0.1, -0.05) is 23.2 Å². The summed E-state index contributed by atoms with van der Waals surface area (Å²) in [6, 6.07) is 2.64. The van der Waals surface area contributed by atoms with Gasteiger partial charge in [0.25, 0.3) is 0 Å². The monoisotopic (exact) mass is 301 g/mol. The van der Waals surface area contributed by atoms with Gasteiger partial charge in [-0.2, -0.15) is 5.10 Å². The van der Waals surface area contributed by atoms with Crippen LogP contribution in [-0.2, 0) is 0 Å². The van der Waals surface area contributed by atoms with E-state index >= 15 is 0 Å². The molecule has 0 radical (unpaired) electrons. The highest BCUT2D eigenvalue weighted by molar-refractivity contribution is 6.36. The van der Waals surface area contributed by atoms with Crippen molar-refractivity contribution >= 4 is 23.2 Å². The predicted octanol–water partition coefficient (Wildman–Crippen LogP) is 4.27. The number of hydrogen-bond donors (Lipinski definition) is 2. The third-order valence-electron chi connectivity index (χ3n) is 3.03. The first-order valence-electron chi connectivity index (χ1n) is 5.88. The Labute approximate surface area is 121 Å². The molecule has 19 heavy (non-hydrogen) atoms. The molecule has 0 aliphatic rings. The zero-order valence-electron chi connectivity index (χ0n) is 10.5. The molecule has 2 aromatic rings. The van der Waals surface area contributed by atoms with Crippen LogP contribution in [0.4, 0.5) is 4.39 Å². The summed E-state index contributed by atoms with van der Waals surface area (Å²) in [5.41, 5.74) is 1.58. The van der Waals surface area contributed by atoms with Crippen LogP contribution in [0.25, 0.3) is 0 Å². The van der Waals surface area contributed by atoms with Crippen LogP contribution in [0.5, 0.6) is 0 Å². The summed E-state index contributed by atoms with van der Waals surface area (Å²) in [5.74, 6) is -0.467. The molecule has 1 aromatic heterocycles. The van der Waals surface area contributed by atoms with E-state index in [1.807, 2.05) is 13.8 Å². The van der Waals surface area contributed by atoms with Gasteiger partial charge in [0.15, 0.2) is 0 Å². The van der Waals surface area contributed by atoms with Gasteiger partial charge < -0.3 is 5.32 Å². The topological polar surface area (TPSA) is 40.7 Å². The second-order valence-electron chi connectivity index (χ2n) is 4.40. The zero-order valence-corrected chi connectivity index (χ0v) is 12.1. The molecule has 0 amide bonds. The fourth-order valence-corrected chi connectivity index (χ4v) is 2.69. The summed E-state index contributed by atoms with van der Waals surface area (Å²) in [7, 11) is 0. The van der Waals surface area contributed by atoms with Crippen molar-refractivity contribution in [1.82, 2.24) is 15.5 Å². The number of aromatic amines is 1. The number of aromatic nitrogens is 2. The Morgan fingerprint density at radius 2 is 2.00 bits per heavy atom. The van der Waals surface area contributed by atoms with Gasteiger partial charge in [-0.3, -0.25) is 5.10 Å². The van der Waals surface area contributed by atoms with E-state index in [2.05, 4.69) is 15.5 Å². The first-order valence-corrected chi connectivity index (χ1v) is 6.64. The normalized spacial score (nSPS) is 14.4. The van der Waals surface area contributed by atoms with Crippen LogP contribution in [0.15, 0.2) is 24.5 Å². The lowest BCUT2D eigenvalue weighted by Gasteiger charge is -2.21. The lowest BCUT2D eigenvalue weighted by Crippen LogP contribution is -2.23. The molecule has 102 valence electrons. The Kier molecular flexibility index (Phi) is 4.45. The molecule has 2 rings (SSSR count). The van der Waals surface area contributed by atoms with Gasteiger partial charge in [-0.05, 0) is 26.0 Å². The summed E-state index contributed by atoms with van der Waals surface area (Å²) >= 11 is 12.1. The van der Waals surface area contributed by atoms with Crippen molar-refractivity contribution in [3.05, 3.63) is 51.5 Å². The smallest absolute Gasteiger partial charge is 0.142 e. The Bertz CT molecular complexity index is 557. The first kappa shape index (κ1) is 14.3. The van der Waals surface area contributed by atoms with Crippen LogP contribution < -0.4 is 5.32 Å². The maximum absolute atomic E-state index is 13.5. The third-order valence-corrected chi connectivity index (χ3v) is 3.75. The molecule has 3 nitrogen and oxygen atoms in total. The van der Waals surface area contributed by atoms with Crippen LogP contribution in [0, 0.1) is 5.82 Å². The Morgan fingerprint density at radius 3 is 2.63 bits per heavy atom. The van der Waals surface area contributed by atoms with Crippen LogP contribution >= 0.6 is 23.2 Å². The van der Waals surface area contributed by atoms with E-state index in [1.54, 1.807) is 12.4 Å². The minimum atomic E-state index is -0.467. The minimum absolute atomic E-state index is 0.0455.